The molecule has 0 saturated carbocycles. The van der Waals surface area contributed by atoms with Crippen molar-refractivity contribution in [2.24, 2.45) is 0 Å². The van der Waals surface area contributed by atoms with Crippen LogP contribution >= 0.6 is 0 Å². The van der Waals surface area contributed by atoms with Crippen LogP contribution in [0.4, 0.5) is 10.1 Å². The van der Waals surface area contributed by atoms with Gasteiger partial charge in [0.1, 0.15) is 5.82 Å². The van der Waals surface area contributed by atoms with Gasteiger partial charge in [-0.05, 0) is 74.2 Å². The standard InChI is InChI=1S/C23H27FN2O2/c1-16-5-10-20(14-17(16)2)25-21-4-3-13-26(15-21)23(28)12-11-22(27)18-6-8-19(24)9-7-18/h5-10,14,21,25H,3-4,11-13,15H2,1-2H3/t21-/m1/s1. The minimum Gasteiger partial charge on any atom is -0.381 e. The van der Waals surface area contributed by atoms with Crippen LogP contribution in [0.1, 0.15) is 47.2 Å². The SMILES string of the molecule is Cc1ccc(N[C@@H]2CCCN(C(=O)CCC(=O)c3ccc(F)cc3)C2)cc1C. The van der Waals surface area contributed by atoms with Gasteiger partial charge in [-0.3, -0.25) is 9.59 Å². The van der Waals surface area contributed by atoms with Crippen molar-refractivity contribution in [3.05, 3.63) is 65.0 Å². The number of aryl methyl sites for hydroxylation is 2. The second-order valence-corrected chi connectivity index (χ2v) is 7.55. The maximum Gasteiger partial charge on any atom is 0.223 e. The molecule has 1 fully saturated rings. The van der Waals surface area contributed by atoms with Crippen LogP contribution in [0.25, 0.3) is 0 Å². The summed E-state index contributed by atoms with van der Waals surface area (Å²) in [6.07, 6.45) is 2.30. The molecule has 0 spiro atoms. The maximum absolute atomic E-state index is 13.0. The molecule has 0 unspecified atom stereocenters. The van der Waals surface area contributed by atoms with Crippen molar-refractivity contribution in [1.29, 1.82) is 0 Å². The van der Waals surface area contributed by atoms with Gasteiger partial charge in [-0.1, -0.05) is 6.07 Å². The number of amides is 1. The average molecular weight is 382 g/mol. The molecule has 1 amide bonds. The summed E-state index contributed by atoms with van der Waals surface area (Å²) in [6.45, 7) is 5.56. The lowest BCUT2D eigenvalue weighted by Crippen LogP contribution is -2.45. The molecule has 0 radical (unpaired) electrons. The van der Waals surface area contributed by atoms with Gasteiger partial charge in [0.2, 0.25) is 5.91 Å². The number of hydrogen-bond acceptors (Lipinski definition) is 3. The van der Waals surface area contributed by atoms with Crippen LogP contribution in [0, 0.1) is 19.7 Å². The molecule has 28 heavy (non-hydrogen) atoms. The molecule has 0 bridgehead atoms. The number of carbonyl (C=O) groups is 2. The summed E-state index contributed by atoms with van der Waals surface area (Å²) in [4.78, 5) is 26.6. The molecule has 2 aromatic rings. The Balaban J connectivity index is 1.51. The molecule has 148 valence electrons. The molecule has 3 rings (SSSR count). The van der Waals surface area contributed by atoms with Crippen molar-refractivity contribution < 1.29 is 14.0 Å². The number of carbonyl (C=O) groups excluding carboxylic acids is 2. The second kappa shape index (κ2) is 9.00. The number of likely N-dealkylation sites (tertiary alicyclic amines) is 1. The molecule has 1 heterocycles. The van der Waals surface area contributed by atoms with Gasteiger partial charge in [0.25, 0.3) is 0 Å². The molecule has 1 N–H and O–H groups in total. The summed E-state index contributed by atoms with van der Waals surface area (Å²) in [7, 11) is 0. The van der Waals surface area contributed by atoms with E-state index >= 15 is 0 Å². The molecule has 1 atom stereocenters. The number of piperidine rings is 1. The highest BCUT2D eigenvalue weighted by Gasteiger charge is 2.24. The van der Waals surface area contributed by atoms with E-state index in [1.807, 2.05) is 4.90 Å². The molecule has 4 nitrogen and oxygen atoms in total. The van der Waals surface area contributed by atoms with Gasteiger partial charge in [0.05, 0.1) is 0 Å². The Hall–Kier alpha value is -2.69. The Morgan fingerprint density at radius 3 is 2.54 bits per heavy atom. The zero-order valence-electron chi connectivity index (χ0n) is 16.5. The first-order valence-electron chi connectivity index (χ1n) is 9.82. The number of anilines is 1. The predicted molar refractivity (Wildman–Crippen MR) is 109 cm³/mol. The first-order valence-corrected chi connectivity index (χ1v) is 9.82. The van der Waals surface area contributed by atoms with Crippen LogP contribution in [-0.4, -0.2) is 35.7 Å². The van der Waals surface area contributed by atoms with Crippen molar-refractivity contribution in [2.75, 3.05) is 18.4 Å². The molecule has 2 aromatic carbocycles. The highest BCUT2D eigenvalue weighted by atomic mass is 19.1. The van der Waals surface area contributed by atoms with Gasteiger partial charge < -0.3 is 10.2 Å². The Bertz CT molecular complexity index is 848. The lowest BCUT2D eigenvalue weighted by Gasteiger charge is -2.34. The molecular weight excluding hydrogens is 355 g/mol. The van der Waals surface area contributed by atoms with E-state index in [0.29, 0.717) is 12.1 Å². The molecule has 0 aromatic heterocycles. The monoisotopic (exact) mass is 382 g/mol. The highest BCUT2D eigenvalue weighted by molar-refractivity contribution is 5.97. The largest absolute Gasteiger partial charge is 0.381 e. The predicted octanol–water partition coefficient (Wildman–Crippen LogP) is 4.51. The number of nitrogens with zero attached hydrogens (tertiary/aromatic N) is 1. The minimum absolute atomic E-state index is 0.00190. The van der Waals surface area contributed by atoms with E-state index in [9.17, 15) is 14.0 Å². The van der Waals surface area contributed by atoms with Crippen LogP contribution < -0.4 is 5.32 Å². The number of ketones is 1. The van der Waals surface area contributed by atoms with E-state index in [1.54, 1.807) is 0 Å². The van der Waals surface area contributed by atoms with Crippen molar-refractivity contribution >= 4 is 17.4 Å². The van der Waals surface area contributed by atoms with E-state index in [0.717, 1.165) is 25.1 Å². The van der Waals surface area contributed by atoms with Gasteiger partial charge >= 0.3 is 0 Å². The third-order valence-electron chi connectivity index (χ3n) is 5.38. The van der Waals surface area contributed by atoms with E-state index < -0.39 is 0 Å². The quantitative estimate of drug-likeness (QED) is 0.748. The summed E-state index contributed by atoms with van der Waals surface area (Å²) >= 11 is 0. The van der Waals surface area contributed by atoms with Gasteiger partial charge in [-0.2, -0.15) is 0 Å². The zero-order chi connectivity index (χ0) is 20.1. The first kappa shape index (κ1) is 20.1. The number of halogens is 1. The van der Waals surface area contributed by atoms with E-state index in [1.165, 1.54) is 35.4 Å². The van der Waals surface area contributed by atoms with Crippen LogP contribution in [0.15, 0.2) is 42.5 Å². The Kier molecular flexibility index (Phi) is 6.45. The van der Waals surface area contributed by atoms with Crippen LogP contribution in [0.2, 0.25) is 0 Å². The Morgan fingerprint density at radius 1 is 1.07 bits per heavy atom. The molecule has 1 aliphatic rings. The smallest absolute Gasteiger partial charge is 0.223 e. The van der Waals surface area contributed by atoms with E-state index in [-0.39, 0.29) is 36.4 Å². The number of rotatable bonds is 6. The van der Waals surface area contributed by atoms with Gasteiger partial charge in [0.15, 0.2) is 5.78 Å². The zero-order valence-corrected chi connectivity index (χ0v) is 16.5. The summed E-state index contributed by atoms with van der Waals surface area (Å²) in [5, 5.41) is 3.53. The fraction of sp³-hybridized carbons (Fsp3) is 0.391. The molecule has 0 aliphatic carbocycles. The fourth-order valence-corrected chi connectivity index (χ4v) is 3.55. The molecule has 1 saturated heterocycles. The topological polar surface area (TPSA) is 49.4 Å². The van der Waals surface area contributed by atoms with Crippen molar-refractivity contribution in [3.63, 3.8) is 0 Å². The number of Topliss-reactive ketones (excluding diaryl/α,β-unsaturated/α-hetero) is 1. The molecule has 1 aliphatic heterocycles. The summed E-state index contributed by atoms with van der Waals surface area (Å²) in [6, 6.07) is 12.0. The van der Waals surface area contributed by atoms with Crippen molar-refractivity contribution in [2.45, 2.75) is 45.6 Å². The third kappa shape index (κ3) is 5.18. The average Bonchev–Trinajstić information content (AvgIpc) is 2.69. The number of hydrogen-bond donors (Lipinski definition) is 1. The Labute approximate surface area is 165 Å². The fourth-order valence-electron chi connectivity index (χ4n) is 3.55. The van der Waals surface area contributed by atoms with Crippen LogP contribution in [0.5, 0.6) is 0 Å². The normalized spacial score (nSPS) is 16.7. The van der Waals surface area contributed by atoms with Gasteiger partial charge in [-0.15, -0.1) is 0 Å². The van der Waals surface area contributed by atoms with Crippen LogP contribution in [0.3, 0.4) is 0 Å². The molecular formula is C23H27FN2O2. The maximum atomic E-state index is 13.0. The Morgan fingerprint density at radius 2 is 1.82 bits per heavy atom. The number of benzene rings is 2. The summed E-state index contributed by atoms with van der Waals surface area (Å²) in [5.41, 5.74) is 4.03. The van der Waals surface area contributed by atoms with Gasteiger partial charge in [-0.25, -0.2) is 4.39 Å². The third-order valence-corrected chi connectivity index (χ3v) is 5.38. The second-order valence-electron chi connectivity index (χ2n) is 7.55. The highest BCUT2D eigenvalue weighted by Crippen LogP contribution is 2.20. The first-order chi connectivity index (χ1) is 13.4. The lowest BCUT2D eigenvalue weighted by molar-refractivity contribution is -0.132. The van der Waals surface area contributed by atoms with Crippen molar-refractivity contribution in [1.82, 2.24) is 4.90 Å². The summed E-state index contributed by atoms with van der Waals surface area (Å²) < 4.78 is 13.0. The van der Waals surface area contributed by atoms with Gasteiger partial charge in [0, 0.05) is 43.2 Å². The number of nitrogens with one attached hydrogen (secondary N) is 1. The summed E-state index contributed by atoms with van der Waals surface area (Å²) in [5.74, 6) is -0.500. The van der Waals surface area contributed by atoms with Crippen LogP contribution in [-0.2, 0) is 4.79 Å². The van der Waals surface area contributed by atoms with E-state index in [4.69, 9.17) is 0 Å². The molecule has 5 heteroatoms. The van der Waals surface area contributed by atoms with Crippen molar-refractivity contribution in [3.8, 4) is 0 Å². The minimum atomic E-state index is -0.372. The van der Waals surface area contributed by atoms with E-state index in [2.05, 4.69) is 37.4 Å². The lowest BCUT2D eigenvalue weighted by atomic mass is 10.0.